The molecule has 160 valence electrons. The number of aliphatic imine (C=N–C) groups is 1. The van der Waals surface area contributed by atoms with Gasteiger partial charge in [0, 0.05) is 32.2 Å². The van der Waals surface area contributed by atoms with Crippen LogP contribution in [0, 0.1) is 0 Å². The summed E-state index contributed by atoms with van der Waals surface area (Å²) in [6.45, 7) is 4.38. The lowest BCUT2D eigenvalue weighted by Gasteiger charge is -2.14. The Hall–Kier alpha value is -1.58. The predicted molar refractivity (Wildman–Crippen MR) is 129 cm³/mol. The van der Waals surface area contributed by atoms with Gasteiger partial charge in [-0.25, -0.2) is 0 Å². The molecular weight excluding hydrogens is 481 g/mol. The van der Waals surface area contributed by atoms with Crippen molar-refractivity contribution in [3.63, 3.8) is 0 Å². The molecule has 3 rings (SSSR count). The van der Waals surface area contributed by atoms with E-state index in [4.69, 9.17) is 14.2 Å². The highest BCUT2D eigenvalue weighted by molar-refractivity contribution is 14.0. The summed E-state index contributed by atoms with van der Waals surface area (Å²) in [5.41, 5.74) is 0. The highest BCUT2D eigenvalue weighted by Gasteiger charge is 2.14. The molecule has 1 unspecified atom stereocenters. The standard InChI is InChI=1S/C22H31N3O3.HI/c1-23-22(24-12-6-14-26-17-19-9-5-15-27-19)25-13-16-28-21-11-4-8-18-7-2-3-10-20(18)21;/h2-4,7-8,10-11,19H,5-6,9,12-17H2,1H3,(H2,23,24,25);1H. The first-order valence-electron chi connectivity index (χ1n) is 10.1. The number of hydrogen-bond donors (Lipinski definition) is 2. The Balaban J connectivity index is 0.00000300. The van der Waals surface area contributed by atoms with E-state index >= 15 is 0 Å². The summed E-state index contributed by atoms with van der Waals surface area (Å²) in [7, 11) is 1.77. The summed E-state index contributed by atoms with van der Waals surface area (Å²) in [6.07, 6.45) is 3.50. The molecule has 1 heterocycles. The molecule has 2 aromatic rings. The average Bonchev–Trinajstić information content (AvgIpc) is 3.25. The van der Waals surface area contributed by atoms with Crippen LogP contribution in [0.1, 0.15) is 19.3 Å². The molecule has 0 amide bonds. The maximum absolute atomic E-state index is 5.94. The van der Waals surface area contributed by atoms with Crippen molar-refractivity contribution in [3.05, 3.63) is 42.5 Å². The molecule has 1 aliphatic rings. The lowest BCUT2D eigenvalue weighted by atomic mass is 10.1. The Morgan fingerprint density at radius 1 is 1.10 bits per heavy atom. The van der Waals surface area contributed by atoms with E-state index in [9.17, 15) is 0 Å². The lowest BCUT2D eigenvalue weighted by molar-refractivity contribution is 0.0168. The smallest absolute Gasteiger partial charge is 0.191 e. The third-order valence-electron chi connectivity index (χ3n) is 4.71. The zero-order valence-electron chi connectivity index (χ0n) is 17.1. The van der Waals surface area contributed by atoms with Crippen LogP contribution in [0.15, 0.2) is 47.5 Å². The molecule has 0 bridgehead atoms. The molecule has 7 heteroatoms. The van der Waals surface area contributed by atoms with Crippen molar-refractivity contribution in [2.75, 3.05) is 46.6 Å². The molecule has 1 fully saturated rings. The van der Waals surface area contributed by atoms with Crippen molar-refractivity contribution in [1.29, 1.82) is 0 Å². The minimum atomic E-state index is 0. The van der Waals surface area contributed by atoms with Gasteiger partial charge in [-0.05, 0) is 30.7 Å². The van der Waals surface area contributed by atoms with E-state index in [1.165, 1.54) is 5.39 Å². The Bertz CT molecular complexity index is 746. The van der Waals surface area contributed by atoms with Crippen LogP contribution in [0.5, 0.6) is 5.75 Å². The maximum Gasteiger partial charge on any atom is 0.191 e. The number of halogens is 1. The minimum Gasteiger partial charge on any atom is -0.491 e. The second-order valence-corrected chi connectivity index (χ2v) is 6.82. The SMILES string of the molecule is CN=C(NCCCOCC1CCCO1)NCCOc1cccc2ccccc12.I. The van der Waals surface area contributed by atoms with Crippen LogP contribution in [0.25, 0.3) is 10.8 Å². The predicted octanol–water partition coefficient (Wildman–Crippen LogP) is 3.59. The molecule has 1 aliphatic heterocycles. The second kappa shape index (κ2) is 13.6. The van der Waals surface area contributed by atoms with E-state index in [2.05, 4.69) is 33.8 Å². The number of hydrogen-bond acceptors (Lipinski definition) is 4. The third-order valence-corrected chi connectivity index (χ3v) is 4.71. The summed E-state index contributed by atoms with van der Waals surface area (Å²) >= 11 is 0. The van der Waals surface area contributed by atoms with E-state index in [1.807, 2.05) is 24.3 Å². The zero-order valence-corrected chi connectivity index (χ0v) is 19.4. The molecule has 0 aromatic heterocycles. The van der Waals surface area contributed by atoms with Gasteiger partial charge in [-0.2, -0.15) is 0 Å². The van der Waals surface area contributed by atoms with Crippen LogP contribution in [-0.2, 0) is 9.47 Å². The van der Waals surface area contributed by atoms with Crippen molar-refractivity contribution >= 4 is 40.7 Å². The molecule has 0 saturated carbocycles. The Morgan fingerprint density at radius 3 is 2.76 bits per heavy atom. The number of guanidine groups is 1. The van der Waals surface area contributed by atoms with Crippen molar-refractivity contribution in [3.8, 4) is 5.75 Å². The summed E-state index contributed by atoms with van der Waals surface area (Å²) in [6, 6.07) is 14.4. The normalized spacial score (nSPS) is 16.4. The van der Waals surface area contributed by atoms with Gasteiger partial charge in [0.25, 0.3) is 0 Å². The van der Waals surface area contributed by atoms with E-state index < -0.39 is 0 Å². The molecule has 29 heavy (non-hydrogen) atoms. The first-order chi connectivity index (χ1) is 13.9. The lowest BCUT2D eigenvalue weighted by Crippen LogP contribution is -2.40. The molecule has 6 nitrogen and oxygen atoms in total. The van der Waals surface area contributed by atoms with Crippen molar-refractivity contribution < 1.29 is 14.2 Å². The highest BCUT2D eigenvalue weighted by atomic mass is 127. The van der Waals surface area contributed by atoms with Gasteiger partial charge in [0.05, 0.1) is 19.3 Å². The molecule has 1 saturated heterocycles. The summed E-state index contributed by atoms with van der Waals surface area (Å²) in [5.74, 6) is 1.69. The summed E-state index contributed by atoms with van der Waals surface area (Å²) in [4.78, 5) is 4.24. The summed E-state index contributed by atoms with van der Waals surface area (Å²) in [5, 5.41) is 8.90. The van der Waals surface area contributed by atoms with E-state index in [-0.39, 0.29) is 24.0 Å². The average molecular weight is 513 g/mol. The monoisotopic (exact) mass is 513 g/mol. The van der Waals surface area contributed by atoms with Crippen molar-refractivity contribution in [1.82, 2.24) is 10.6 Å². The number of nitrogens with one attached hydrogen (secondary N) is 2. The molecule has 2 aromatic carbocycles. The second-order valence-electron chi connectivity index (χ2n) is 6.82. The quantitative estimate of drug-likeness (QED) is 0.220. The Labute approximate surface area is 190 Å². The fourth-order valence-corrected chi connectivity index (χ4v) is 3.24. The molecule has 0 radical (unpaired) electrons. The van der Waals surface area contributed by atoms with Gasteiger partial charge in [0.1, 0.15) is 12.4 Å². The minimum absolute atomic E-state index is 0. The van der Waals surface area contributed by atoms with Gasteiger partial charge in [0.2, 0.25) is 0 Å². The molecular formula is C22H32IN3O3. The largest absolute Gasteiger partial charge is 0.491 e. The van der Waals surface area contributed by atoms with Crippen LogP contribution in [-0.4, -0.2) is 58.6 Å². The van der Waals surface area contributed by atoms with Gasteiger partial charge in [-0.15, -0.1) is 24.0 Å². The maximum atomic E-state index is 5.94. The molecule has 2 N–H and O–H groups in total. The Morgan fingerprint density at radius 2 is 1.93 bits per heavy atom. The van der Waals surface area contributed by atoms with Gasteiger partial charge in [0.15, 0.2) is 5.96 Å². The van der Waals surface area contributed by atoms with Crippen LogP contribution in [0.2, 0.25) is 0 Å². The van der Waals surface area contributed by atoms with Gasteiger partial charge >= 0.3 is 0 Å². The zero-order chi connectivity index (χ0) is 19.4. The van der Waals surface area contributed by atoms with Crippen LogP contribution < -0.4 is 15.4 Å². The van der Waals surface area contributed by atoms with Crippen LogP contribution in [0.4, 0.5) is 0 Å². The van der Waals surface area contributed by atoms with Gasteiger partial charge < -0.3 is 24.8 Å². The highest BCUT2D eigenvalue weighted by Crippen LogP contribution is 2.24. The number of benzene rings is 2. The summed E-state index contributed by atoms with van der Waals surface area (Å²) < 4.78 is 17.2. The number of fused-ring (bicyclic) bond motifs is 1. The first-order valence-corrected chi connectivity index (χ1v) is 10.1. The van der Waals surface area contributed by atoms with E-state index in [0.717, 1.165) is 56.1 Å². The Kier molecular flexibility index (Phi) is 11.1. The molecule has 0 spiro atoms. The van der Waals surface area contributed by atoms with Crippen LogP contribution in [0.3, 0.4) is 0 Å². The van der Waals surface area contributed by atoms with Crippen molar-refractivity contribution in [2.45, 2.75) is 25.4 Å². The number of nitrogens with zero attached hydrogens (tertiary/aromatic N) is 1. The van der Waals surface area contributed by atoms with Gasteiger partial charge in [-0.1, -0.05) is 36.4 Å². The first kappa shape index (κ1) is 23.7. The van der Waals surface area contributed by atoms with Crippen LogP contribution >= 0.6 is 24.0 Å². The van der Waals surface area contributed by atoms with E-state index in [0.29, 0.717) is 25.9 Å². The number of rotatable bonds is 10. The van der Waals surface area contributed by atoms with Gasteiger partial charge in [-0.3, -0.25) is 4.99 Å². The molecule has 1 atom stereocenters. The number of ether oxygens (including phenoxy) is 3. The fraction of sp³-hybridized carbons (Fsp3) is 0.500. The van der Waals surface area contributed by atoms with Crippen molar-refractivity contribution in [2.24, 2.45) is 4.99 Å². The third kappa shape index (κ3) is 7.98. The van der Waals surface area contributed by atoms with E-state index in [1.54, 1.807) is 7.05 Å². The topological polar surface area (TPSA) is 64.1 Å². The fourth-order valence-electron chi connectivity index (χ4n) is 3.24. The molecule has 0 aliphatic carbocycles.